The molecule has 3 aromatic rings. The second kappa shape index (κ2) is 5.95. The average molecular weight is 361 g/mol. The summed E-state index contributed by atoms with van der Waals surface area (Å²) in [7, 11) is 0. The van der Waals surface area contributed by atoms with Gasteiger partial charge in [-0.15, -0.1) is 11.3 Å². The molecule has 0 aliphatic carbocycles. The Morgan fingerprint density at radius 3 is 2.76 bits per heavy atom. The molecule has 0 aliphatic rings. The van der Waals surface area contributed by atoms with E-state index < -0.39 is 0 Å². The lowest BCUT2D eigenvalue weighted by molar-refractivity contribution is 0.0940. The van der Waals surface area contributed by atoms with Crippen LogP contribution in [0.5, 0.6) is 0 Å². The summed E-state index contributed by atoms with van der Waals surface area (Å²) in [5, 5.41) is 3.02. The fourth-order valence-corrected chi connectivity index (χ4v) is 3.09. The molecule has 0 aliphatic heterocycles. The summed E-state index contributed by atoms with van der Waals surface area (Å²) in [6.07, 6.45) is 0. The van der Waals surface area contributed by atoms with Crippen molar-refractivity contribution < 1.29 is 4.79 Å². The van der Waals surface area contributed by atoms with Gasteiger partial charge in [0.1, 0.15) is 0 Å². The largest absolute Gasteiger partial charge is 0.346 e. The smallest absolute Gasteiger partial charge is 0.251 e. The highest BCUT2D eigenvalue weighted by molar-refractivity contribution is 9.10. The quantitative estimate of drug-likeness (QED) is 0.744. The molecule has 21 heavy (non-hydrogen) atoms. The van der Waals surface area contributed by atoms with E-state index in [1.54, 1.807) is 5.51 Å². The van der Waals surface area contributed by atoms with Gasteiger partial charge in [-0.05, 0) is 42.8 Å². The van der Waals surface area contributed by atoms with Crippen molar-refractivity contribution in [1.29, 1.82) is 0 Å². The van der Waals surface area contributed by atoms with Crippen LogP contribution in [-0.4, -0.2) is 10.9 Å². The number of thiazole rings is 1. The Morgan fingerprint density at radius 1 is 1.24 bits per heavy atom. The van der Waals surface area contributed by atoms with E-state index in [2.05, 4.69) is 26.2 Å². The number of benzene rings is 2. The predicted octanol–water partition coefficient (Wildman–Crippen LogP) is 4.55. The van der Waals surface area contributed by atoms with Crippen LogP contribution in [0.3, 0.4) is 0 Å². The number of amides is 1. The van der Waals surface area contributed by atoms with Gasteiger partial charge in [0, 0.05) is 10.0 Å². The van der Waals surface area contributed by atoms with E-state index in [-0.39, 0.29) is 11.9 Å². The Labute approximate surface area is 135 Å². The molecule has 1 unspecified atom stereocenters. The normalized spacial score (nSPS) is 12.3. The van der Waals surface area contributed by atoms with Gasteiger partial charge in [-0.2, -0.15) is 0 Å². The van der Waals surface area contributed by atoms with Crippen molar-refractivity contribution in [2.24, 2.45) is 0 Å². The van der Waals surface area contributed by atoms with E-state index in [9.17, 15) is 4.79 Å². The maximum Gasteiger partial charge on any atom is 0.251 e. The zero-order chi connectivity index (χ0) is 14.8. The Kier molecular flexibility index (Phi) is 4.03. The Balaban J connectivity index is 1.77. The standard InChI is InChI=1S/C16H13BrN2OS/c1-10(11-2-5-13(17)6-3-11)19-16(20)12-4-7-14-15(8-12)21-9-18-14/h2-10H,1H3,(H,19,20). The molecule has 0 spiro atoms. The van der Waals surface area contributed by atoms with Crippen LogP contribution in [0.2, 0.25) is 0 Å². The summed E-state index contributed by atoms with van der Waals surface area (Å²) >= 11 is 4.95. The molecule has 0 radical (unpaired) electrons. The van der Waals surface area contributed by atoms with Crippen LogP contribution in [-0.2, 0) is 0 Å². The average Bonchev–Trinajstić information content (AvgIpc) is 2.95. The fourth-order valence-electron chi connectivity index (χ4n) is 2.11. The number of nitrogens with one attached hydrogen (secondary N) is 1. The molecule has 1 N–H and O–H groups in total. The highest BCUT2D eigenvalue weighted by atomic mass is 79.9. The van der Waals surface area contributed by atoms with E-state index in [1.807, 2.05) is 49.4 Å². The van der Waals surface area contributed by atoms with Crippen LogP contribution in [0.25, 0.3) is 10.2 Å². The second-order valence-electron chi connectivity index (χ2n) is 4.78. The van der Waals surface area contributed by atoms with Crippen LogP contribution < -0.4 is 5.32 Å². The summed E-state index contributed by atoms with van der Waals surface area (Å²) in [5.74, 6) is -0.0688. The number of carbonyl (C=O) groups is 1. The zero-order valence-corrected chi connectivity index (χ0v) is 13.7. The Hall–Kier alpha value is -1.72. The number of hydrogen-bond donors (Lipinski definition) is 1. The first-order valence-corrected chi connectivity index (χ1v) is 8.20. The van der Waals surface area contributed by atoms with E-state index >= 15 is 0 Å². The number of halogens is 1. The van der Waals surface area contributed by atoms with Gasteiger partial charge in [0.15, 0.2) is 0 Å². The molecule has 1 atom stereocenters. The van der Waals surface area contributed by atoms with Crippen LogP contribution in [0.4, 0.5) is 0 Å². The molecule has 1 heterocycles. The number of fused-ring (bicyclic) bond motifs is 1. The Morgan fingerprint density at radius 2 is 2.00 bits per heavy atom. The number of nitrogens with zero attached hydrogens (tertiary/aromatic N) is 1. The van der Waals surface area contributed by atoms with Gasteiger partial charge in [0.2, 0.25) is 0 Å². The SMILES string of the molecule is CC(NC(=O)c1ccc2ncsc2c1)c1ccc(Br)cc1. The molecule has 1 amide bonds. The highest BCUT2D eigenvalue weighted by Crippen LogP contribution is 2.20. The van der Waals surface area contributed by atoms with E-state index in [1.165, 1.54) is 11.3 Å². The monoisotopic (exact) mass is 360 g/mol. The summed E-state index contributed by atoms with van der Waals surface area (Å²) in [5.41, 5.74) is 4.45. The first-order chi connectivity index (χ1) is 10.1. The molecular weight excluding hydrogens is 348 g/mol. The molecule has 0 saturated carbocycles. The summed E-state index contributed by atoms with van der Waals surface area (Å²) in [6, 6.07) is 13.5. The molecule has 3 nitrogen and oxygen atoms in total. The summed E-state index contributed by atoms with van der Waals surface area (Å²) in [6.45, 7) is 1.98. The van der Waals surface area contributed by atoms with Gasteiger partial charge in [-0.1, -0.05) is 28.1 Å². The second-order valence-corrected chi connectivity index (χ2v) is 6.58. The van der Waals surface area contributed by atoms with Crippen LogP contribution in [0.15, 0.2) is 52.4 Å². The van der Waals surface area contributed by atoms with Crippen molar-refractivity contribution in [2.75, 3.05) is 0 Å². The molecular formula is C16H13BrN2OS. The first kappa shape index (κ1) is 14.2. The lowest BCUT2D eigenvalue weighted by atomic mass is 10.1. The van der Waals surface area contributed by atoms with E-state index in [0.29, 0.717) is 5.56 Å². The van der Waals surface area contributed by atoms with Gasteiger partial charge in [0.25, 0.3) is 5.91 Å². The molecule has 0 bridgehead atoms. The topological polar surface area (TPSA) is 42.0 Å². The lowest BCUT2D eigenvalue weighted by Gasteiger charge is -2.14. The van der Waals surface area contributed by atoms with E-state index in [0.717, 1.165) is 20.3 Å². The van der Waals surface area contributed by atoms with Crippen molar-refractivity contribution in [2.45, 2.75) is 13.0 Å². The molecule has 0 saturated heterocycles. The number of carbonyl (C=O) groups excluding carboxylic acids is 1. The minimum atomic E-state index is -0.0688. The number of aromatic nitrogens is 1. The highest BCUT2D eigenvalue weighted by Gasteiger charge is 2.12. The fraction of sp³-hybridized carbons (Fsp3) is 0.125. The maximum atomic E-state index is 12.3. The van der Waals surface area contributed by atoms with Gasteiger partial charge in [-0.3, -0.25) is 4.79 Å². The third kappa shape index (κ3) is 3.14. The van der Waals surface area contributed by atoms with Crippen LogP contribution in [0, 0.1) is 0 Å². The third-order valence-electron chi connectivity index (χ3n) is 3.31. The predicted molar refractivity (Wildman–Crippen MR) is 89.6 cm³/mol. The minimum Gasteiger partial charge on any atom is -0.346 e. The van der Waals surface area contributed by atoms with Crippen molar-refractivity contribution in [3.8, 4) is 0 Å². The van der Waals surface area contributed by atoms with Crippen LogP contribution >= 0.6 is 27.3 Å². The molecule has 2 aromatic carbocycles. The van der Waals surface area contributed by atoms with Gasteiger partial charge < -0.3 is 5.32 Å². The van der Waals surface area contributed by atoms with E-state index in [4.69, 9.17) is 0 Å². The van der Waals surface area contributed by atoms with Gasteiger partial charge >= 0.3 is 0 Å². The molecule has 5 heteroatoms. The summed E-state index contributed by atoms with van der Waals surface area (Å²) < 4.78 is 2.05. The molecule has 106 valence electrons. The van der Waals surface area contributed by atoms with Crippen molar-refractivity contribution in [3.05, 3.63) is 63.6 Å². The summed E-state index contributed by atoms with van der Waals surface area (Å²) in [4.78, 5) is 16.5. The molecule has 3 rings (SSSR count). The Bertz CT molecular complexity index is 782. The zero-order valence-electron chi connectivity index (χ0n) is 11.3. The lowest BCUT2D eigenvalue weighted by Crippen LogP contribution is -2.26. The van der Waals surface area contributed by atoms with Crippen LogP contribution in [0.1, 0.15) is 28.9 Å². The third-order valence-corrected chi connectivity index (χ3v) is 4.63. The van der Waals surface area contributed by atoms with Crippen molar-refractivity contribution in [3.63, 3.8) is 0 Å². The number of hydrogen-bond acceptors (Lipinski definition) is 3. The molecule has 0 fully saturated rings. The number of rotatable bonds is 3. The van der Waals surface area contributed by atoms with Gasteiger partial charge in [-0.25, -0.2) is 4.98 Å². The van der Waals surface area contributed by atoms with Crippen molar-refractivity contribution in [1.82, 2.24) is 10.3 Å². The molecule has 1 aromatic heterocycles. The first-order valence-electron chi connectivity index (χ1n) is 6.53. The minimum absolute atomic E-state index is 0.0391. The van der Waals surface area contributed by atoms with Crippen molar-refractivity contribution >= 4 is 43.4 Å². The maximum absolute atomic E-state index is 12.3. The van der Waals surface area contributed by atoms with Gasteiger partial charge in [0.05, 0.1) is 21.8 Å².